The molecule has 1 saturated heterocycles. The van der Waals surface area contributed by atoms with E-state index in [1.165, 1.54) is 0 Å². The van der Waals surface area contributed by atoms with Gasteiger partial charge in [0.25, 0.3) is 0 Å². The van der Waals surface area contributed by atoms with E-state index in [1.54, 1.807) is 0 Å². The molecule has 0 aromatic heterocycles. The Morgan fingerprint density at radius 3 is 2.62 bits per heavy atom. The Hall–Kier alpha value is -2.40. The summed E-state index contributed by atoms with van der Waals surface area (Å²) in [5, 5.41) is 23.9. The number of nitrogens with two attached hydrogens (primary N) is 3. The van der Waals surface area contributed by atoms with Crippen molar-refractivity contribution in [2.24, 2.45) is 27.2 Å². The molecule has 0 aromatic rings. The number of amides is 1. The molecule has 0 bridgehead atoms. The maximum absolute atomic E-state index is 11.0. The number of carbonyl (C=O) groups is 1. The number of carbonyl (C=O) groups excluding carboxylic acids is 1. The second-order valence-corrected chi connectivity index (χ2v) is 6.93. The van der Waals surface area contributed by atoms with Crippen molar-refractivity contribution in [2.75, 3.05) is 13.2 Å². The van der Waals surface area contributed by atoms with Crippen LogP contribution in [0.2, 0.25) is 0 Å². The highest BCUT2D eigenvalue weighted by Crippen LogP contribution is 2.45. The van der Waals surface area contributed by atoms with Gasteiger partial charge in [-0.25, -0.2) is 19.0 Å². The molecule has 3 aliphatic rings. The largest absolute Gasteiger partial charge is 0.447 e. The van der Waals surface area contributed by atoms with Gasteiger partial charge in [-0.05, 0) is 0 Å². The number of ether oxygens (including phenoxy) is 1. The van der Waals surface area contributed by atoms with Crippen molar-refractivity contribution in [1.29, 1.82) is 0 Å². The third-order valence-corrected chi connectivity index (χ3v) is 4.86. The number of aliphatic hydroxyl groups is 2. The average Bonchev–Trinajstić information content (AvgIpc) is 2.93. The third kappa shape index (κ3) is 2.58. The molecule has 10 N–H and O–H groups in total. The van der Waals surface area contributed by atoms with Crippen LogP contribution in [0.25, 0.3) is 0 Å². The van der Waals surface area contributed by atoms with Crippen molar-refractivity contribution in [1.82, 2.24) is 10.2 Å². The topological polar surface area (TPSA) is 248 Å². The van der Waals surface area contributed by atoms with Gasteiger partial charge in [0.2, 0.25) is 5.79 Å². The van der Waals surface area contributed by atoms with Crippen molar-refractivity contribution in [2.45, 2.75) is 29.6 Å². The zero-order valence-electron chi connectivity index (χ0n) is 13.0. The van der Waals surface area contributed by atoms with E-state index in [0.29, 0.717) is 0 Å². The van der Waals surface area contributed by atoms with Crippen LogP contribution in [-0.4, -0.2) is 88.9 Å². The second kappa shape index (κ2) is 5.55. The summed E-state index contributed by atoms with van der Waals surface area (Å²) in [4.78, 5) is 20.0. The molecule has 15 nitrogen and oxygen atoms in total. The molecule has 0 radical (unpaired) electrons. The number of primary amides is 1. The quantitative estimate of drug-likeness (QED) is 0.174. The first-order valence-corrected chi connectivity index (χ1v) is 8.50. The Morgan fingerprint density at radius 2 is 2.04 bits per heavy atom. The van der Waals surface area contributed by atoms with Gasteiger partial charge >= 0.3 is 16.5 Å². The molecule has 0 unspecified atom stereocenters. The lowest BCUT2D eigenvalue weighted by Gasteiger charge is -2.48. The van der Waals surface area contributed by atoms with E-state index in [0.717, 1.165) is 4.90 Å². The molecule has 4 atom stereocenters. The summed E-state index contributed by atoms with van der Waals surface area (Å²) in [5.74, 6) is -3.44. The minimum atomic E-state index is -5.03. The van der Waals surface area contributed by atoms with Gasteiger partial charge in [-0.1, -0.05) is 0 Å². The lowest BCUT2D eigenvalue weighted by Crippen LogP contribution is -2.77. The van der Waals surface area contributed by atoms with Crippen LogP contribution in [0.4, 0.5) is 4.79 Å². The highest BCUT2D eigenvalue weighted by molar-refractivity contribution is 7.80. The first-order valence-electron chi connectivity index (χ1n) is 7.13. The molecule has 1 spiro atoms. The summed E-state index contributed by atoms with van der Waals surface area (Å²) in [7, 11) is -5.03. The number of hydrogen-bond donors (Lipinski definition) is 7. The summed E-state index contributed by atoms with van der Waals surface area (Å²) in [5.41, 5.74) is 14.4. The zero-order valence-corrected chi connectivity index (χ0v) is 13.8. The molecular formula is C10H17N7O8S. The first-order chi connectivity index (χ1) is 11.9. The average molecular weight is 395 g/mol. The predicted molar refractivity (Wildman–Crippen MR) is 82.5 cm³/mol. The summed E-state index contributed by atoms with van der Waals surface area (Å²) >= 11 is 0. The third-order valence-electron chi connectivity index (χ3n) is 4.38. The summed E-state index contributed by atoms with van der Waals surface area (Å²) in [6.45, 7) is -0.896. The minimum Gasteiger partial charge on any atom is -0.447 e. The lowest BCUT2D eigenvalue weighted by molar-refractivity contribution is -0.252. The Kier molecular flexibility index (Phi) is 3.92. The Bertz CT molecular complexity index is 797. The Labute approximate surface area is 146 Å². The van der Waals surface area contributed by atoms with Crippen LogP contribution < -0.4 is 22.5 Å². The van der Waals surface area contributed by atoms with Crippen LogP contribution >= 0.6 is 0 Å². The van der Waals surface area contributed by atoms with Crippen LogP contribution in [0.1, 0.15) is 0 Å². The summed E-state index contributed by atoms with van der Waals surface area (Å²) in [6, 6.07) is -2.19. The van der Waals surface area contributed by atoms with Crippen molar-refractivity contribution in [3.05, 3.63) is 0 Å². The molecule has 3 rings (SSSR count). The van der Waals surface area contributed by atoms with Crippen LogP contribution in [0.3, 0.4) is 0 Å². The van der Waals surface area contributed by atoms with E-state index in [2.05, 4.69) is 24.2 Å². The molecule has 3 aliphatic heterocycles. The number of rotatable bonds is 4. The highest BCUT2D eigenvalue weighted by Gasteiger charge is 2.74. The standard InChI is InChI=1S/C10H17N7O8S/c11-6-15-5-3(2-24-8(13)18)14-7(12)17-1-4(25-26(21,22)23)10(19,20)9(5,17)16-6/h3-5,19-20H,1-2H2,(H2,12,14)(H2,13,18)(H3,11,15,16)(H,21,22,23)/t3-,4+,5+,9-/m0/s1. The van der Waals surface area contributed by atoms with E-state index >= 15 is 0 Å². The van der Waals surface area contributed by atoms with Crippen LogP contribution in [0.5, 0.6) is 0 Å². The number of nitrogens with zero attached hydrogens (tertiary/aromatic N) is 3. The van der Waals surface area contributed by atoms with Gasteiger partial charge in [-0.2, -0.15) is 8.42 Å². The van der Waals surface area contributed by atoms with E-state index < -0.39 is 59.3 Å². The molecular weight excluding hydrogens is 378 g/mol. The van der Waals surface area contributed by atoms with Gasteiger partial charge in [0.05, 0.1) is 6.54 Å². The summed E-state index contributed by atoms with van der Waals surface area (Å²) < 4.78 is 40.0. The molecule has 0 saturated carbocycles. The van der Waals surface area contributed by atoms with Crippen LogP contribution in [0.15, 0.2) is 9.98 Å². The number of aliphatic imine (C=N–C) groups is 2. The molecule has 16 heteroatoms. The first kappa shape index (κ1) is 18.4. The number of nitrogens with one attached hydrogen (secondary N) is 1. The normalized spacial score (nSPS) is 35.0. The van der Waals surface area contributed by atoms with Crippen molar-refractivity contribution in [3.63, 3.8) is 0 Å². The zero-order chi connectivity index (χ0) is 19.5. The smallest absolute Gasteiger partial charge is 0.404 e. The van der Waals surface area contributed by atoms with E-state index in [4.69, 9.17) is 21.8 Å². The Morgan fingerprint density at radius 1 is 1.38 bits per heavy atom. The molecule has 0 aliphatic carbocycles. The monoisotopic (exact) mass is 395 g/mol. The maximum atomic E-state index is 11.0. The fourth-order valence-corrected chi connectivity index (χ4v) is 3.94. The lowest BCUT2D eigenvalue weighted by atomic mass is 9.86. The second-order valence-electron chi connectivity index (χ2n) is 5.88. The van der Waals surface area contributed by atoms with E-state index in [-0.39, 0.29) is 11.9 Å². The molecule has 146 valence electrons. The van der Waals surface area contributed by atoms with Crippen molar-refractivity contribution in [3.8, 4) is 0 Å². The number of hydrogen-bond acceptors (Lipinski definition) is 13. The van der Waals surface area contributed by atoms with Crippen LogP contribution in [-0.2, 0) is 19.3 Å². The van der Waals surface area contributed by atoms with Crippen LogP contribution in [0, 0.1) is 0 Å². The molecule has 1 fully saturated rings. The molecule has 26 heavy (non-hydrogen) atoms. The van der Waals surface area contributed by atoms with Crippen molar-refractivity contribution >= 4 is 28.4 Å². The van der Waals surface area contributed by atoms with Gasteiger partial charge in [0, 0.05) is 0 Å². The maximum Gasteiger partial charge on any atom is 0.404 e. The molecule has 0 aromatic carbocycles. The van der Waals surface area contributed by atoms with Gasteiger partial charge in [0.15, 0.2) is 23.7 Å². The van der Waals surface area contributed by atoms with Gasteiger partial charge in [-0.3, -0.25) is 4.55 Å². The number of guanidine groups is 2. The fraction of sp³-hybridized carbons (Fsp3) is 0.700. The Balaban J connectivity index is 2.04. The molecule has 3 heterocycles. The van der Waals surface area contributed by atoms with E-state index in [1.807, 2.05) is 0 Å². The van der Waals surface area contributed by atoms with Gasteiger partial charge in [-0.15, -0.1) is 0 Å². The fourth-order valence-electron chi connectivity index (χ4n) is 3.45. The highest BCUT2D eigenvalue weighted by atomic mass is 32.3. The van der Waals surface area contributed by atoms with Gasteiger partial charge in [0.1, 0.15) is 18.7 Å². The van der Waals surface area contributed by atoms with E-state index in [9.17, 15) is 23.4 Å². The minimum absolute atomic E-state index is 0.228. The van der Waals surface area contributed by atoms with Crippen molar-refractivity contribution < 1.29 is 36.9 Å². The summed E-state index contributed by atoms with van der Waals surface area (Å²) in [6.07, 6.45) is -2.96. The molecule has 1 amide bonds. The van der Waals surface area contributed by atoms with Gasteiger partial charge < -0.3 is 42.4 Å². The predicted octanol–water partition coefficient (Wildman–Crippen LogP) is -5.05. The SMILES string of the molecule is NC(=O)OC[C@@H]1N=C(N)N2C[C@@H](OS(=O)(=O)O)C(O)(O)[C@@]23NC(N)=N[C@H]13.